The first kappa shape index (κ1) is 14.2. The van der Waals surface area contributed by atoms with Crippen molar-refractivity contribution >= 4 is 11.9 Å². The number of pyridine rings is 1. The number of hydrogen-bond donors (Lipinski definition) is 2. The maximum atomic E-state index is 11.9. The maximum Gasteiger partial charge on any atom is 0.326 e. The number of carboxylic acids is 1. The van der Waals surface area contributed by atoms with Crippen LogP contribution in [-0.4, -0.2) is 28.0 Å². The van der Waals surface area contributed by atoms with Gasteiger partial charge < -0.3 is 10.4 Å². The van der Waals surface area contributed by atoms with Crippen molar-refractivity contribution in [3.05, 3.63) is 29.6 Å². The highest BCUT2D eigenvalue weighted by molar-refractivity contribution is 5.96. The summed E-state index contributed by atoms with van der Waals surface area (Å²) in [4.78, 5) is 27.0. The molecular formula is C13H18N2O3. The lowest BCUT2D eigenvalue weighted by Gasteiger charge is -2.20. The Labute approximate surface area is 106 Å². The summed E-state index contributed by atoms with van der Waals surface area (Å²) in [7, 11) is 0. The van der Waals surface area contributed by atoms with E-state index in [1.54, 1.807) is 19.1 Å². The van der Waals surface area contributed by atoms with Gasteiger partial charge in [-0.1, -0.05) is 20.3 Å². The van der Waals surface area contributed by atoms with Crippen LogP contribution in [0.4, 0.5) is 0 Å². The number of rotatable bonds is 5. The SMILES string of the molecule is CCC(C)[C@H](NC(=O)c1ccc(C)nc1)C(=O)O. The molecule has 18 heavy (non-hydrogen) atoms. The Bertz CT molecular complexity index is 428. The van der Waals surface area contributed by atoms with Gasteiger partial charge in [0.25, 0.3) is 5.91 Å². The van der Waals surface area contributed by atoms with Crippen LogP contribution in [0.5, 0.6) is 0 Å². The molecule has 0 radical (unpaired) electrons. The predicted octanol–water partition coefficient (Wildman–Crippen LogP) is 1.62. The monoisotopic (exact) mass is 250 g/mol. The number of aryl methyl sites for hydroxylation is 1. The van der Waals surface area contributed by atoms with Crippen LogP contribution in [-0.2, 0) is 4.79 Å². The Morgan fingerprint density at radius 1 is 1.44 bits per heavy atom. The quantitative estimate of drug-likeness (QED) is 0.832. The smallest absolute Gasteiger partial charge is 0.326 e. The number of carboxylic acid groups (broad SMARTS) is 1. The Balaban J connectivity index is 2.78. The van der Waals surface area contributed by atoms with Crippen LogP contribution < -0.4 is 5.32 Å². The number of hydrogen-bond acceptors (Lipinski definition) is 3. The molecule has 1 unspecified atom stereocenters. The lowest BCUT2D eigenvalue weighted by Crippen LogP contribution is -2.45. The summed E-state index contributed by atoms with van der Waals surface area (Å²) < 4.78 is 0. The number of nitrogens with one attached hydrogen (secondary N) is 1. The fraction of sp³-hybridized carbons (Fsp3) is 0.462. The molecule has 0 fully saturated rings. The molecule has 5 nitrogen and oxygen atoms in total. The third-order valence-corrected chi connectivity index (χ3v) is 2.94. The van der Waals surface area contributed by atoms with Crippen LogP contribution in [0.1, 0.15) is 36.3 Å². The van der Waals surface area contributed by atoms with Gasteiger partial charge in [-0.2, -0.15) is 0 Å². The zero-order chi connectivity index (χ0) is 13.7. The number of carbonyl (C=O) groups is 2. The van der Waals surface area contributed by atoms with Crippen molar-refractivity contribution in [3.8, 4) is 0 Å². The molecule has 0 aromatic carbocycles. The molecule has 1 aromatic rings. The minimum Gasteiger partial charge on any atom is -0.480 e. The minimum absolute atomic E-state index is 0.121. The molecule has 0 spiro atoms. The molecule has 0 saturated carbocycles. The second-order valence-corrected chi connectivity index (χ2v) is 4.36. The van der Waals surface area contributed by atoms with Crippen LogP contribution in [0.2, 0.25) is 0 Å². The van der Waals surface area contributed by atoms with Gasteiger partial charge in [0.05, 0.1) is 5.56 Å². The van der Waals surface area contributed by atoms with E-state index in [9.17, 15) is 9.59 Å². The summed E-state index contributed by atoms with van der Waals surface area (Å²) >= 11 is 0. The van der Waals surface area contributed by atoms with Crippen molar-refractivity contribution < 1.29 is 14.7 Å². The molecular weight excluding hydrogens is 232 g/mol. The summed E-state index contributed by atoms with van der Waals surface area (Å²) in [5.74, 6) is -1.54. The number of carbonyl (C=O) groups excluding carboxylic acids is 1. The van der Waals surface area contributed by atoms with Gasteiger partial charge in [-0.3, -0.25) is 9.78 Å². The lowest BCUT2D eigenvalue weighted by atomic mass is 9.99. The molecule has 98 valence electrons. The van der Waals surface area contributed by atoms with Crippen molar-refractivity contribution in [2.45, 2.75) is 33.2 Å². The van der Waals surface area contributed by atoms with E-state index in [2.05, 4.69) is 10.3 Å². The first-order chi connectivity index (χ1) is 8.45. The van der Waals surface area contributed by atoms with Gasteiger partial charge in [-0.05, 0) is 25.0 Å². The first-order valence-electron chi connectivity index (χ1n) is 5.92. The number of amides is 1. The van der Waals surface area contributed by atoms with Gasteiger partial charge in [-0.25, -0.2) is 4.79 Å². The molecule has 0 saturated heterocycles. The summed E-state index contributed by atoms with van der Waals surface area (Å²) in [5.41, 5.74) is 1.18. The number of aliphatic carboxylic acids is 1. The molecule has 1 rings (SSSR count). The fourth-order valence-corrected chi connectivity index (χ4v) is 1.51. The van der Waals surface area contributed by atoms with E-state index in [1.807, 2.05) is 13.8 Å². The molecule has 5 heteroatoms. The van der Waals surface area contributed by atoms with E-state index in [0.717, 1.165) is 5.69 Å². The van der Waals surface area contributed by atoms with Crippen molar-refractivity contribution in [1.29, 1.82) is 0 Å². The Hall–Kier alpha value is -1.91. The van der Waals surface area contributed by atoms with Gasteiger partial charge in [0.15, 0.2) is 0 Å². The van der Waals surface area contributed by atoms with E-state index < -0.39 is 17.9 Å². The average molecular weight is 250 g/mol. The second-order valence-electron chi connectivity index (χ2n) is 4.36. The number of nitrogens with zero attached hydrogens (tertiary/aromatic N) is 1. The van der Waals surface area contributed by atoms with Gasteiger partial charge in [0.1, 0.15) is 6.04 Å². The molecule has 2 N–H and O–H groups in total. The third-order valence-electron chi connectivity index (χ3n) is 2.94. The average Bonchev–Trinajstić information content (AvgIpc) is 2.35. The van der Waals surface area contributed by atoms with Crippen LogP contribution in [0.3, 0.4) is 0 Å². The largest absolute Gasteiger partial charge is 0.480 e. The number of aromatic nitrogens is 1. The van der Waals surface area contributed by atoms with E-state index in [4.69, 9.17) is 5.11 Å². The van der Waals surface area contributed by atoms with Crippen molar-refractivity contribution in [1.82, 2.24) is 10.3 Å². The summed E-state index contributed by atoms with van der Waals surface area (Å²) in [6, 6.07) is 2.48. The van der Waals surface area contributed by atoms with Crippen LogP contribution in [0, 0.1) is 12.8 Å². The van der Waals surface area contributed by atoms with E-state index in [0.29, 0.717) is 12.0 Å². The van der Waals surface area contributed by atoms with Crippen molar-refractivity contribution in [3.63, 3.8) is 0 Å². The highest BCUT2D eigenvalue weighted by Gasteiger charge is 2.25. The molecule has 0 aliphatic carbocycles. The van der Waals surface area contributed by atoms with Gasteiger partial charge >= 0.3 is 5.97 Å². The normalized spacial score (nSPS) is 13.7. The van der Waals surface area contributed by atoms with Crippen LogP contribution >= 0.6 is 0 Å². The summed E-state index contributed by atoms with van der Waals surface area (Å²) in [6.07, 6.45) is 2.13. The molecule has 0 bridgehead atoms. The summed E-state index contributed by atoms with van der Waals surface area (Å²) in [5, 5.41) is 11.6. The zero-order valence-corrected chi connectivity index (χ0v) is 10.8. The zero-order valence-electron chi connectivity index (χ0n) is 10.8. The fourth-order valence-electron chi connectivity index (χ4n) is 1.51. The summed E-state index contributed by atoms with van der Waals surface area (Å²) in [6.45, 7) is 5.51. The molecule has 1 amide bonds. The van der Waals surface area contributed by atoms with E-state index in [-0.39, 0.29) is 5.92 Å². The third kappa shape index (κ3) is 3.55. The van der Waals surface area contributed by atoms with Gasteiger partial charge in [0.2, 0.25) is 0 Å². The topological polar surface area (TPSA) is 79.3 Å². The Kier molecular flexibility index (Phi) is 4.83. The second kappa shape index (κ2) is 6.14. The van der Waals surface area contributed by atoms with Gasteiger partial charge in [-0.15, -0.1) is 0 Å². The molecule has 1 heterocycles. The van der Waals surface area contributed by atoms with E-state index in [1.165, 1.54) is 6.20 Å². The first-order valence-corrected chi connectivity index (χ1v) is 5.92. The highest BCUT2D eigenvalue weighted by atomic mass is 16.4. The molecule has 2 atom stereocenters. The highest BCUT2D eigenvalue weighted by Crippen LogP contribution is 2.09. The van der Waals surface area contributed by atoms with Crippen molar-refractivity contribution in [2.75, 3.05) is 0 Å². The maximum absolute atomic E-state index is 11.9. The predicted molar refractivity (Wildman–Crippen MR) is 67.3 cm³/mol. The minimum atomic E-state index is -1.02. The Morgan fingerprint density at radius 3 is 2.56 bits per heavy atom. The molecule has 0 aliphatic heterocycles. The van der Waals surface area contributed by atoms with Crippen LogP contribution in [0.25, 0.3) is 0 Å². The van der Waals surface area contributed by atoms with Gasteiger partial charge in [0, 0.05) is 11.9 Å². The standard InChI is InChI=1S/C13H18N2O3/c1-4-8(2)11(13(17)18)15-12(16)10-6-5-9(3)14-7-10/h5-8,11H,4H2,1-3H3,(H,15,16)(H,17,18)/t8?,11-/m0/s1. The molecule has 0 aliphatic rings. The van der Waals surface area contributed by atoms with Crippen molar-refractivity contribution in [2.24, 2.45) is 5.92 Å². The Morgan fingerprint density at radius 2 is 2.11 bits per heavy atom. The van der Waals surface area contributed by atoms with E-state index >= 15 is 0 Å². The molecule has 1 aromatic heterocycles. The lowest BCUT2D eigenvalue weighted by molar-refractivity contribution is -0.140. The van der Waals surface area contributed by atoms with Crippen LogP contribution in [0.15, 0.2) is 18.3 Å².